The summed E-state index contributed by atoms with van der Waals surface area (Å²) in [7, 11) is 0. The minimum absolute atomic E-state index is 0.258. The van der Waals surface area contributed by atoms with Crippen LogP contribution in [0.15, 0.2) is 30.3 Å². The Morgan fingerprint density at radius 3 is 2.50 bits per heavy atom. The largest absolute Gasteiger partial charge is 0.486 e. The zero-order chi connectivity index (χ0) is 18.3. The van der Waals surface area contributed by atoms with Crippen LogP contribution in [0.4, 0.5) is 10.5 Å². The topological polar surface area (TPSA) is 59.6 Å². The van der Waals surface area contributed by atoms with E-state index in [0.29, 0.717) is 23.9 Å². The summed E-state index contributed by atoms with van der Waals surface area (Å²) in [6, 6.07) is 9.44. The van der Waals surface area contributed by atoms with Crippen LogP contribution in [0.5, 0.6) is 11.5 Å². The zero-order valence-corrected chi connectivity index (χ0v) is 15.6. The maximum atomic E-state index is 12.6. The summed E-state index contributed by atoms with van der Waals surface area (Å²) in [5.41, 5.74) is 3.32. The molecule has 1 aliphatic carbocycles. The van der Waals surface area contributed by atoms with E-state index in [4.69, 9.17) is 21.1 Å². The van der Waals surface area contributed by atoms with E-state index in [1.165, 1.54) is 0 Å². The van der Waals surface area contributed by atoms with Crippen LogP contribution in [0.3, 0.4) is 0 Å². The number of carbonyl (C=O) groups is 1. The molecular formula is C20H21ClN2O3. The molecule has 2 aromatic carbocycles. The smallest absolute Gasteiger partial charge is 0.319 e. The maximum absolute atomic E-state index is 12.6. The van der Waals surface area contributed by atoms with Crippen LogP contribution in [0.2, 0.25) is 5.02 Å². The molecule has 1 saturated carbocycles. The van der Waals surface area contributed by atoms with Crippen molar-refractivity contribution in [3.63, 3.8) is 0 Å². The average Bonchev–Trinajstić information content (AvgIpc) is 3.38. The molecule has 1 aliphatic heterocycles. The number of ether oxygens (including phenoxy) is 2. The van der Waals surface area contributed by atoms with Gasteiger partial charge in [0.25, 0.3) is 0 Å². The van der Waals surface area contributed by atoms with E-state index in [0.717, 1.165) is 41.0 Å². The SMILES string of the molecule is Cc1cc(C)c(NC(=O)NC2(c3ccc4c(c3)OCCO4)CC2)c(Cl)c1. The number of fused-ring (bicyclic) bond motifs is 1. The van der Waals surface area contributed by atoms with Gasteiger partial charge in [0.2, 0.25) is 0 Å². The van der Waals surface area contributed by atoms with E-state index >= 15 is 0 Å². The molecule has 0 radical (unpaired) electrons. The molecule has 5 nitrogen and oxygen atoms in total. The Balaban J connectivity index is 1.51. The van der Waals surface area contributed by atoms with Crippen molar-refractivity contribution in [1.82, 2.24) is 5.32 Å². The third-order valence-electron chi connectivity index (χ3n) is 4.87. The van der Waals surface area contributed by atoms with Gasteiger partial charge in [0.15, 0.2) is 11.5 Å². The van der Waals surface area contributed by atoms with Gasteiger partial charge >= 0.3 is 6.03 Å². The number of hydrogen-bond donors (Lipinski definition) is 2. The minimum Gasteiger partial charge on any atom is -0.486 e. The molecule has 0 unspecified atom stereocenters. The van der Waals surface area contributed by atoms with Crippen molar-refractivity contribution in [3.8, 4) is 11.5 Å². The molecule has 6 heteroatoms. The van der Waals surface area contributed by atoms with Crippen molar-refractivity contribution in [2.24, 2.45) is 0 Å². The Hall–Kier alpha value is -2.40. The molecule has 0 atom stereocenters. The summed E-state index contributed by atoms with van der Waals surface area (Å²) in [6.07, 6.45) is 1.78. The number of anilines is 1. The van der Waals surface area contributed by atoms with Gasteiger partial charge in [0, 0.05) is 0 Å². The van der Waals surface area contributed by atoms with Gasteiger partial charge in [-0.15, -0.1) is 0 Å². The molecule has 1 fully saturated rings. The highest BCUT2D eigenvalue weighted by molar-refractivity contribution is 6.34. The molecule has 2 N–H and O–H groups in total. The number of carbonyl (C=O) groups excluding carboxylic acids is 1. The fraction of sp³-hybridized carbons (Fsp3) is 0.350. The van der Waals surface area contributed by atoms with Gasteiger partial charge in [-0.3, -0.25) is 0 Å². The van der Waals surface area contributed by atoms with E-state index in [-0.39, 0.29) is 11.6 Å². The second-order valence-corrected chi connectivity index (χ2v) is 7.37. The van der Waals surface area contributed by atoms with Gasteiger partial charge in [-0.2, -0.15) is 0 Å². The minimum atomic E-state index is -0.356. The summed E-state index contributed by atoms with van der Waals surface area (Å²) < 4.78 is 11.2. The molecule has 0 spiro atoms. The number of rotatable bonds is 3. The first-order chi connectivity index (χ1) is 12.5. The van der Waals surface area contributed by atoms with Crippen molar-refractivity contribution in [3.05, 3.63) is 52.0 Å². The number of hydrogen-bond acceptors (Lipinski definition) is 3. The highest BCUT2D eigenvalue weighted by atomic mass is 35.5. The second-order valence-electron chi connectivity index (χ2n) is 6.96. The molecule has 2 aliphatic rings. The molecule has 0 aromatic heterocycles. The van der Waals surface area contributed by atoms with E-state index < -0.39 is 0 Å². The fourth-order valence-corrected chi connectivity index (χ4v) is 3.76. The molecule has 0 saturated heterocycles. The van der Waals surface area contributed by atoms with Gasteiger partial charge in [-0.05, 0) is 61.6 Å². The molecular weight excluding hydrogens is 352 g/mol. The Labute approximate surface area is 157 Å². The lowest BCUT2D eigenvalue weighted by molar-refractivity contribution is 0.171. The lowest BCUT2D eigenvalue weighted by Crippen LogP contribution is -2.38. The summed E-state index contributed by atoms with van der Waals surface area (Å²) >= 11 is 6.29. The van der Waals surface area contributed by atoms with Crippen molar-refractivity contribution < 1.29 is 14.3 Å². The van der Waals surface area contributed by atoms with Crippen molar-refractivity contribution in [2.75, 3.05) is 18.5 Å². The van der Waals surface area contributed by atoms with Crippen LogP contribution in [0.25, 0.3) is 0 Å². The first-order valence-electron chi connectivity index (χ1n) is 8.73. The van der Waals surface area contributed by atoms with Crippen LogP contribution >= 0.6 is 11.6 Å². The van der Waals surface area contributed by atoms with Crippen molar-refractivity contribution in [1.29, 1.82) is 0 Å². The van der Waals surface area contributed by atoms with Crippen molar-refractivity contribution in [2.45, 2.75) is 32.2 Å². The van der Waals surface area contributed by atoms with Gasteiger partial charge in [-0.25, -0.2) is 4.79 Å². The number of aryl methyl sites for hydroxylation is 2. The van der Waals surface area contributed by atoms with Gasteiger partial charge in [0.05, 0.1) is 16.2 Å². The number of halogens is 1. The van der Waals surface area contributed by atoms with Gasteiger partial charge in [-0.1, -0.05) is 23.7 Å². The van der Waals surface area contributed by atoms with Crippen LogP contribution in [-0.4, -0.2) is 19.2 Å². The van der Waals surface area contributed by atoms with Crippen LogP contribution in [0, 0.1) is 13.8 Å². The molecule has 0 bridgehead atoms. The molecule has 4 rings (SSSR count). The van der Waals surface area contributed by atoms with Crippen molar-refractivity contribution >= 4 is 23.3 Å². The highest BCUT2D eigenvalue weighted by Gasteiger charge is 2.46. The summed E-state index contributed by atoms with van der Waals surface area (Å²) in [4.78, 5) is 12.6. The summed E-state index contributed by atoms with van der Waals surface area (Å²) in [5.74, 6) is 1.49. The number of amides is 2. The van der Waals surface area contributed by atoms with E-state index in [1.54, 1.807) is 0 Å². The normalized spacial score (nSPS) is 16.7. The number of benzene rings is 2. The van der Waals surface area contributed by atoms with E-state index in [1.807, 2.05) is 44.2 Å². The molecule has 2 amide bonds. The monoisotopic (exact) mass is 372 g/mol. The van der Waals surface area contributed by atoms with E-state index in [9.17, 15) is 4.79 Å². The second kappa shape index (κ2) is 6.40. The fourth-order valence-electron chi connectivity index (χ4n) is 3.39. The Kier molecular flexibility index (Phi) is 4.19. The van der Waals surface area contributed by atoms with E-state index in [2.05, 4.69) is 10.6 Å². The van der Waals surface area contributed by atoms with Crippen LogP contribution < -0.4 is 20.1 Å². The first-order valence-corrected chi connectivity index (χ1v) is 9.11. The summed E-state index contributed by atoms with van der Waals surface area (Å²) in [6.45, 7) is 5.02. The molecule has 136 valence electrons. The van der Waals surface area contributed by atoms with Crippen LogP contribution in [-0.2, 0) is 5.54 Å². The number of urea groups is 1. The van der Waals surface area contributed by atoms with Crippen LogP contribution in [0.1, 0.15) is 29.5 Å². The molecule has 1 heterocycles. The quantitative estimate of drug-likeness (QED) is 0.831. The Morgan fingerprint density at radius 1 is 1.08 bits per heavy atom. The standard InChI is InChI=1S/C20H21ClN2O3/c1-12-9-13(2)18(15(21)10-12)22-19(24)23-20(5-6-20)14-3-4-16-17(11-14)26-8-7-25-16/h3-4,9-11H,5-8H2,1-2H3,(H2,22,23,24). The maximum Gasteiger partial charge on any atom is 0.319 e. The predicted octanol–water partition coefficient (Wildman–Crippen LogP) is 4.54. The Bertz CT molecular complexity index is 854. The summed E-state index contributed by atoms with van der Waals surface area (Å²) in [5, 5.41) is 6.54. The highest BCUT2D eigenvalue weighted by Crippen LogP contribution is 2.48. The Morgan fingerprint density at radius 2 is 1.81 bits per heavy atom. The third-order valence-corrected chi connectivity index (χ3v) is 5.17. The van der Waals surface area contributed by atoms with Gasteiger partial charge < -0.3 is 20.1 Å². The van der Waals surface area contributed by atoms with Gasteiger partial charge in [0.1, 0.15) is 13.2 Å². The molecule has 2 aromatic rings. The molecule has 26 heavy (non-hydrogen) atoms. The predicted molar refractivity (Wildman–Crippen MR) is 101 cm³/mol. The zero-order valence-electron chi connectivity index (χ0n) is 14.8. The average molecular weight is 373 g/mol. The first kappa shape index (κ1) is 17.0. The lowest BCUT2D eigenvalue weighted by Gasteiger charge is -2.23. The third kappa shape index (κ3) is 3.19. The lowest BCUT2D eigenvalue weighted by atomic mass is 10.0. The number of nitrogens with one attached hydrogen (secondary N) is 2.